The summed E-state index contributed by atoms with van der Waals surface area (Å²) in [6, 6.07) is 14.0. The molecule has 0 amide bonds. The van der Waals surface area contributed by atoms with Crippen LogP contribution >= 0.6 is 11.3 Å². The predicted molar refractivity (Wildman–Crippen MR) is 71.5 cm³/mol. The van der Waals surface area contributed by atoms with E-state index in [4.69, 9.17) is 4.42 Å². The molecule has 2 aromatic carbocycles. The maximum Gasteiger partial charge on any atom is 0.284 e. The zero-order valence-corrected chi connectivity index (χ0v) is 10.1. The van der Waals surface area contributed by atoms with E-state index in [1.807, 2.05) is 36.4 Å². The highest BCUT2D eigenvalue weighted by Gasteiger charge is 2.11. The predicted octanol–water partition coefficient (Wildman–Crippen LogP) is 3.90. The first kappa shape index (κ1) is 9.79. The molecule has 2 aromatic heterocycles. The quantitative estimate of drug-likeness (QED) is 0.515. The Kier molecular flexibility index (Phi) is 1.98. The molecule has 18 heavy (non-hydrogen) atoms. The third-order valence-corrected chi connectivity index (χ3v) is 3.91. The van der Waals surface area contributed by atoms with Gasteiger partial charge in [-0.15, -0.1) is 11.3 Å². The number of oxazole rings is 1. The van der Waals surface area contributed by atoms with E-state index in [1.165, 1.54) is 4.70 Å². The van der Waals surface area contributed by atoms with Gasteiger partial charge in [0.2, 0.25) is 0 Å². The minimum Gasteiger partial charge on any atom is -0.432 e. The van der Waals surface area contributed by atoms with Crippen LogP contribution in [0.4, 0.5) is 0 Å². The van der Waals surface area contributed by atoms with Gasteiger partial charge in [0.1, 0.15) is 10.5 Å². The third-order valence-electron chi connectivity index (χ3n) is 2.84. The number of benzene rings is 2. The summed E-state index contributed by atoms with van der Waals surface area (Å²) < 4.78 is 6.37. The second-order valence-corrected chi connectivity index (χ2v) is 4.97. The number of hydrogen-bond donors (Lipinski definition) is 0. The van der Waals surface area contributed by atoms with Crippen molar-refractivity contribution in [2.24, 2.45) is 0 Å². The van der Waals surface area contributed by atoms with Crippen molar-refractivity contribution in [1.82, 2.24) is 9.97 Å². The molecule has 0 aliphatic carbocycles. The highest BCUT2D eigenvalue weighted by atomic mass is 32.1. The Morgan fingerprint density at radius 2 is 2.00 bits per heavy atom. The van der Waals surface area contributed by atoms with Crippen molar-refractivity contribution in [3.63, 3.8) is 0 Å². The Balaban J connectivity index is 2.04. The molecule has 2 heterocycles. The summed E-state index contributed by atoms with van der Waals surface area (Å²) in [5, 5.41) is 0.962. The Morgan fingerprint density at radius 3 is 2.94 bits per heavy atom. The second-order valence-electron chi connectivity index (χ2n) is 3.94. The molecular formula is C14H7N2OS. The van der Waals surface area contributed by atoms with E-state index in [2.05, 4.69) is 22.4 Å². The van der Waals surface area contributed by atoms with Crippen molar-refractivity contribution in [2.75, 3.05) is 0 Å². The van der Waals surface area contributed by atoms with Gasteiger partial charge < -0.3 is 4.42 Å². The maximum atomic E-state index is 5.19. The molecule has 4 heteroatoms. The summed E-state index contributed by atoms with van der Waals surface area (Å²) in [6.07, 6.45) is 2.53. The van der Waals surface area contributed by atoms with Crippen LogP contribution in [0.3, 0.4) is 0 Å². The summed E-state index contributed by atoms with van der Waals surface area (Å²) in [5.74, 6) is 0. The summed E-state index contributed by atoms with van der Waals surface area (Å²) >= 11 is 1.66. The molecule has 0 fully saturated rings. The Morgan fingerprint density at radius 1 is 1.06 bits per heavy atom. The standard InChI is InChI=1S/C14H7N2OS/c1-2-7-12-10(5-1)16-14(18-12)9-4-3-6-11-13(9)15-8-17-11/h1-7H. The Bertz CT molecular complexity index is 814. The number of aromatic nitrogens is 2. The van der Waals surface area contributed by atoms with Gasteiger partial charge >= 0.3 is 0 Å². The monoisotopic (exact) mass is 251 g/mol. The van der Waals surface area contributed by atoms with Crippen LogP contribution in [0, 0.1) is 6.39 Å². The molecule has 0 saturated heterocycles. The van der Waals surface area contributed by atoms with Gasteiger partial charge in [0.25, 0.3) is 6.39 Å². The lowest BCUT2D eigenvalue weighted by molar-refractivity contribution is 0.591. The molecule has 0 aliphatic heterocycles. The first-order chi connectivity index (χ1) is 8.92. The van der Waals surface area contributed by atoms with Crippen LogP contribution in [0.1, 0.15) is 0 Å². The summed E-state index contributed by atoms with van der Waals surface area (Å²) in [5.41, 5.74) is 3.57. The van der Waals surface area contributed by atoms with E-state index in [0.29, 0.717) is 0 Å². The Labute approximate surface area is 107 Å². The van der Waals surface area contributed by atoms with Crippen LogP contribution < -0.4 is 0 Å². The van der Waals surface area contributed by atoms with Gasteiger partial charge in [0.05, 0.1) is 10.2 Å². The summed E-state index contributed by atoms with van der Waals surface area (Å²) in [7, 11) is 0. The number of thiazole rings is 1. The highest BCUT2D eigenvalue weighted by Crippen LogP contribution is 2.33. The van der Waals surface area contributed by atoms with Gasteiger partial charge in [-0.05, 0) is 24.3 Å². The topological polar surface area (TPSA) is 38.9 Å². The molecule has 0 spiro atoms. The fourth-order valence-electron chi connectivity index (χ4n) is 2.00. The van der Waals surface area contributed by atoms with Crippen LogP contribution in [0.5, 0.6) is 0 Å². The number of para-hydroxylation sites is 2. The van der Waals surface area contributed by atoms with Crippen LogP contribution in [0.15, 0.2) is 46.9 Å². The normalized spacial score (nSPS) is 11.3. The average Bonchev–Trinajstić information content (AvgIpc) is 3.04. The van der Waals surface area contributed by atoms with Crippen molar-refractivity contribution < 1.29 is 4.42 Å². The van der Waals surface area contributed by atoms with Gasteiger partial charge in [-0.2, -0.15) is 0 Å². The molecule has 0 bridgehead atoms. The van der Waals surface area contributed by atoms with Crippen molar-refractivity contribution in [3.8, 4) is 10.6 Å². The number of rotatable bonds is 1. The SMILES string of the molecule is [c]1nc2c(-c3nc4ccccc4s3)cccc2o1. The van der Waals surface area contributed by atoms with Crippen molar-refractivity contribution in [2.45, 2.75) is 0 Å². The van der Waals surface area contributed by atoms with Gasteiger partial charge in [-0.1, -0.05) is 18.2 Å². The van der Waals surface area contributed by atoms with E-state index >= 15 is 0 Å². The van der Waals surface area contributed by atoms with Crippen molar-refractivity contribution >= 4 is 32.7 Å². The lowest BCUT2D eigenvalue weighted by Gasteiger charge is -1.95. The number of fused-ring (bicyclic) bond motifs is 2. The minimum absolute atomic E-state index is 0.742. The van der Waals surface area contributed by atoms with Crippen LogP contribution in [0.2, 0.25) is 0 Å². The zero-order chi connectivity index (χ0) is 11.9. The van der Waals surface area contributed by atoms with Gasteiger partial charge in [-0.25, -0.2) is 9.97 Å². The molecule has 0 unspecified atom stereocenters. The molecular weight excluding hydrogens is 244 g/mol. The first-order valence-electron chi connectivity index (χ1n) is 5.53. The third kappa shape index (κ3) is 1.36. The van der Waals surface area contributed by atoms with E-state index in [0.717, 1.165) is 27.2 Å². The molecule has 0 saturated carbocycles. The zero-order valence-electron chi connectivity index (χ0n) is 9.25. The molecule has 1 radical (unpaired) electrons. The lowest BCUT2D eigenvalue weighted by Crippen LogP contribution is -1.78. The van der Waals surface area contributed by atoms with Crippen LogP contribution in [-0.2, 0) is 0 Å². The molecule has 0 atom stereocenters. The van der Waals surface area contributed by atoms with Crippen LogP contribution in [0.25, 0.3) is 31.9 Å². The fourth-order valence-corrected chi connectivity index (χ4v) is 2.99. The molecule has 0 aliphatic rings. The van der Waals surface area contributed by atoms with Crippen molar-refractivity contribution in [3.05, 3.63) is 48.9 Å². The largest absolute Gasteiger partial charge is 0.432 e. The smallest absolute Gasteiger partial charge is 0.284 e. The maximum absolute atomic E-state index is 5.19. The highest BCUT2D eigenvalue weighted by molar-refractivity contribution is 7.21. The van der Waals surface area contributed by atoms with E-state index in [-0.39, 0.29) is 0 Å². The van der Waals surface area contributed by atoms with Gasteiger partial charge in [-0.3, -0.25) is 0 Å². The summed E-state index contributed by atoms with van der Waals surface area (Å²) in [4.78, 5) is 8.78. The van der Waals surface area contributed by atoms with Gasteiger partial charge in [0.15, 0.2) is 5.58 Å². The van der Waals surface area contributed by atoms with E-state index in [9.17, 15) is 0 Å². The molecule has 4 rings (SSSR count). The van der Waals surface area contributed by atoms with Gasteiger partial charge in [0, 0.05) is 5.56 Å². The van der Waals surface area contributed by atoms with E-state index in [1.54, 1.807) is 11.3 Å². The first-order valence-corrected chi connectivity index (χ1v) is 6.35. The molecule has 85 valence electrons. The minimum atomic E-state index is 0.742. The fraction of sp³-hybridized carbons (Fsp3) is 0. The lowest BCUT2D eigenvalue weighted by atomic mass is 10.2. The number of hydrogen-bond acceptors (Lipinski definition) is 4. The van der Waals surface area contributed by atoms with E-state index < -0.39 is 0 Å². The average molecular weight is 251 g/mol. The molecule has 3 nitrogen and oxygen atoms in total. The second kappa shape index (κ2) is 3.65. The Hall–Kier alpha value is -2.20. The molecule has 4 aromatic rings. The summed E-state index contributed by atoms with van der Waals surface area (Å²) in [6.45, 7) is 0. The number of nitrogens with zero attached hydrogens (tertiary/aromatic N) is 2. The van der Waals surface area contributed by atoms with Crippen LogP contribution in [-0.4, -0.2) is 9.97 Å². The van der Waals surface area contributed by atoms with Crippen molar-refractivity contribution in [1.29, 1.82) is 0 Å². The molecule has 0 N–H and O–H groups in total.